The van der Waals surface area contributed by atoms with E-state index in [0.717, 1.165) is 6.08 Å². The van der Waals surface area contributed by atoms with Crippen molar-refractivity contribution in [2.24, 2.45) is 0 Å². The number of amides is 1. The first-order valence-electron chi connectivity index (χ1n) is 7.45. The second-order valence-corrected chi connectivity index (χ2v) is 5.08. The molecular formula is C18H16N2O5. The summed E-state index contributed by atoms with van der Waals surface area (Å²) in [7, 11) is 0. The van der Waals surface area contributed by atoms with E-state index < -0.39 is 22.9 Å². The van der Waals surface area contributed by atoms with Gasteiger partial charge >= 0.3 is 5.97 Å². The number of carbonyl (C=O) groups is 2. The van der Waals surface area contributed by atoms with Gasteiger partial charge in [0.2, 0.25) is 0 Å². The number of anilines is 1. The number of esters is 1. The number of benzene rings is 2. The third-order valence-electron chi connectivity index (χ3n) is 3.24. The van der Waals surface area contributed by atoms with E-state index in [2.05, 4.69) is 5.32 Å². The standard InChI is InChI=1S/C18H16N2O5/c1-13(18(22)19-15-8-3-2-4-9-15)25-17(21)12-11-14-7-5-6-10-16(14)20(23)24/h2-13H,1H3,(H,19,22)/b12-11+/t13-/m1/s1. The Bertz CT molecular complexity index is 802. The first-order chi connectivity index (χ1) is 12.0. The number of rotatable bonds is 6. The first-order valence-corrected chi connectivity index (χ1v) is 7.45. The van der Waals surface area contributed by atoms with Gasteiger partial charge in [-0.25, -0.2) is 4.79 Å². The number of nitro benzene ring substituents is 1. The van der Waals surface area contributed by atoms with Gasteiger partial charge in [0.1, 0.15) is 0 Å². The van der Waals surface area contributed by atoms with Crippen molar-refractivity contribution in [1.29, 1.82) is 0 Å². The quantitative estimate of drug-likeness (QED) is 0.377. The fourth-order valence-corrected chi connectivity index (χ4v) is 1.98. The summed E-state index contributed by atoms with van der Waals surface area (Å²) >= 11 is 0. The maximum atomic E-state index is 12.0. The van der Waals surface area contributed by atoms with Gasteiger partial charge in [0.25, 0.3) is 11.6 Å². The lowest BCUT2D eigenvalue weighted by atomic mass is 10.1. The van der Waals surface area contributed by atoms with Crippen LogP contribution in [0.3, 0.4) is 0 Å². The van der Waals surface area contributed by atoms with Crippen LogP contribution in [0.15, 0.2) is 60.7 Å². The Morgan fingerprint density at radius 2 is 1.76 bits per heavy atom. The molecule has 2 aromatic carbocycles. The van der Waals surface area contributed by atoms with E-state index in [1.54, 1.807) is 30.3 Å². The molecule has 7 nitrogen and oxygen atoms in total. The van der Waals surface area contributed by atoms with Gasteiger partial charge in [-0.1, -0.05) is 30.3 Å². The van der Waals surface area contributed by atoms with Gasteiger partial charge in [-0.3, -0.25) is 14.9 Å². The van der Waals surface area contributed by atoms with E-state index in [4.69, 9.17) is 4.74 Å². The van der Waals surface area contributed by atoms with E-state index >= 15 is 0 Å². The number of hydrogen-bond donors (Lipinski definition) is 1. The molecule has 0 heterocycles. The zero-order valence-electron chi connectivity index (χ0n) is 13.4. The Balaban J connectivity index is 1.95. The van der Waals surface area contributed by atoms with Crippen LogP contribution in [0.2, 0.25) is 0 Å². The Morgan fingerprint density at radius 1 is 1.12 bits per heavy atom. The van der Waals surface area contributed by atoms with Gasteiger partial charge in [-0.15, -0.1) is 0 Å². The lowest BCUT2D eigenvalue weighted by Crippen LogP contribution is -2.29. The summed E-state index contributed by atoms with van der Waals surface area (Å²) in [5.41, 5.74) is 0.734. The molecule has 1 N–H and O–H groups in total. The number of carbonyl (C=O) groups excluding carboxylic acids is 2. The topological polar surface area (TPSA) is 98.5 Å². The van der Waals surface area contributed by atoms with Crippen LogP contribution in [-0.4, -0.2) is 22.9 Å². The first kappa shape index (κ1) is 17.9. The third kappa shape index (κ3) is 5.28. The normalized spacial score (nSPS) is 11.7. The van der Waals surface area contributed by atoms with Crippen molar-refractivity contribution in [3.8, 4) is 0 Å². The minimum Gasteiger partial charge on any atom is -0.449 e. The molecule has 0 aromatic heterocycles. The van der Waals surface area contributed by atoms with Crippen LogP contribution in [0.4, 0.5) is 11.4 Å². The van der Waals surface area contributed by atoms with E-state index in [9.17, 15) is 19.7 Å². The smallest absolute Gasteiger partial charge is 0.331 e. The van der Waals surface area contributed by atoms with E-state index in [-0.39, 0.29) is 11.3 Å². The molecule has 0 radical (unpaired) electrons. The highest BCUT2D eigenvalue weighted by Crippen LogP contribution is 2.19. The van der Waals surface area contributed by atoms with Gasteiger partial charge in [-0.05, 0) is 31.2 Å². The highest BCUT2D eigenvalue weighted by Gasteiger charge is 2.17. The molecule has 0 bridgehead atoms. The van der Waals surface area contributed by atoms with Crippen molar-refractivity contribution in [2.45, 2.75) is 13.0 Å². The fraction of sp³-hybridized carbons (Fsp3) is 0.111. The Hall–Kier alpha value is -3.48. The number of hydrogen-bond acceptors (Lipinski definition) is 5. The van der Waals surface area contributed by atoms with Crippen LogP contribution < -0.4 is 5.32 Å². The molecule has 2 rings (SSSR count). The molecule has 0 fully saturated rings. The van der Waals surface area contributed by atoms with Gasteiger partial charge < -0.3 is 10.1 Å². The van der Waals surface area contributed by atoms with Crippen molar-refractivity contribution in [3.63, 3.8) is 0 Å². The summed E-state index contributed by atoms with van der Waals surface area (Å²) < 4.78 is 5.00. The van der Waals surface area contributed by atoms with Crippen LogP contribution >= 0.6 is 0 Å². The highest BCUT2D eigenvalue weighted by atomic mass is 16.6. The van der Waals surface area contributed by atoms with Crippen LogP contribution in [0.5, 0.6) is 0 Å². The molecule has 1 atom stereocenters. The Morgan fingerprint density at radius 3 is 2.44 bits per heavy atom. The van der Waals surface area contributed by atoms with Gasteiger partial charge in [-0.2, -0.15) is 0 Å². The summed E-state index contributed by atoms with van der Waals surface area (Å²) in [6.07, 6.45) is 1.32. The van der Waals surface area contributed by atoms with Gasteiger partial charge in [0, 0.05) is 17.8 Å². The molecule has 0 saturated carbocycles. The predicted molar refractivity (Wildman–Crippen MR) is 92.8 cm³/mol. The lowest BCUT2D eigenvalue weighted by molar-refractivity contribution is -0.385. The number of ether oxygens (including phenoxy) is 1. The maximum absolute atomic E-state index is 12.0. The minimum absolute atomic E-state index is 0.124. The molecule has 25 heavy (non-hydrogen) atoms. The average molecular weight is 340 g/mol. The van der Waals surface area contributed by atoms with Crippen LogP contribution in [0.25, 0.3) is 6.08 Å². The van der Waals surface area contributed by atoms with E-state index in [0.29, 0.717) is 5.69 Å². The van der Waals surface area contributed by atoms with Crippen molar-refractivity contribution >= 4 is 29.3 Å². The van der Waals surface area contributed by atoms with Crippen LogP contribution in [0.1, 0.15) is 12.5 Å². The summed E-state index contributed by atoms with van der Waals surface area (Å²) in [6.45, 7) is 1.44. The molecule has 0 aliphatic rings. The largest absolute Gasteiger partial charge is 0.449 e. The zero-order chi connectivity index (χ0) is 18.2. The molecule has 1 amide bonds. The third-order valence-corrected chi connectivity index (χ3v) is 3.24. The highest BCUT2D eigenvalue weighted by molar-refractivity contribution is 5.96. The molecule has 0 spiro atoms. The molecule has 128 valence electrons. The molecule has 0 saturated heterocycles. The van der Waals surface area contributed by atoms with E-state index in [1.165, 1.54) is 31.2 Å². The fourth-order valence-electron chi connectivity index (χ4n) is 1.98. The van der Waals surface area contributed by atoms with Crippen molar-refractivity contribution in [3.05, 3.63) is 76.4 Å². The average Bonchev–Trinajstić information content (AvgIpc) is 2.61. The molecule has 7 heteroatoms. The minimum atomic E-state index is -1.01. The zero-order valence-corrected chi connectivity index (χ0v) is 13.4. The second-order valence-electron chi connectivity index (χ2n) is 5.08. The molecule has 0 aliphatic carbocycles. The lowest BCUT2D eigenvalue weighted by Gasteiger charge is -2.12. The Labute approximate surface area is 144 Å². The maximum Gasteiger partial charge on any atom is 0.331 e. The Kier molecular flexibility index (Phi) is 6.00. The monoisotopic (exact) mass is 340 g/mol. The van der Waals surface area contributed by atoms with Crippen molar-refractivity contribution in [2.75, 3.05) is 5.32 Å². The molecule has 2 aromatic rings. The number of nitro groups is 1. The molecule has 0 unspecified atom stereocenters. The summed E-state index contributed by atoms with van der Waals surface area (Å²) in [6, 6.07) is 14.8. The van der Waals surface area contributed by atoms with Gasteiger partial charge in [0.05, 0.1) is 10.5 Å². The van der Waals surface area contributed by atoms with Gasteiger partial charge in [0.15, 0.2) is 6.10 Å². The molecular weight excluding hydrogens is 324 g/mol. The number of para-hydroxylation sites is 2. The van der Waals surface area contributed by atoms with Crippen molar-refractivity contribution < 1.29 is 19.2 Å². The summed E-state index contributed by atoms with van der Waals surface area (Å²) in [5.74, 6) is -1.24. The number of nitrogens with one attached hydrogen (secondary N) is 1. The second kappa shape index (κ2) is 8.39. The SMILES string of the molecule is C[C@@H](OC(=O)/C=C/c1ccccc1[N+](=O)[O-])C(=O)Nc1ccccc1. The predicted octanol–water partition coefficient (Wildman–Crippen LogP) is 3.18. The van der Waals surface area contributed by atoms with Crippen molar-refractivity contribution in [1.82, 2.24) is 0 Å². The molecule has 0 aliphatic heterocycles. The summed E-state index contributed by atoms with van der Waals surface area (Å²) in [5, 5.41) is 13.5. The number of nitrogens with zero attached hydrogens (tertiary/aromatic N) is 1. The van der Waals surface area contributed by atoms with Crippen LogP contribution in [0, 0.1) is 10.1 Å². The van der Waals surface area contributed by atoms with E-state index in [1.807, 2.05) is 6.07 Å². The van der Waals surface area contributed by atoms with Crippen LogP contribution in [-0.2, 0) is 14.3 Å². The summed E-state index contributed by atoms with van der Waals surface area (Å²) in [4.78, 5) is 34.1.